The summed E-state index contributed by atoms with van der Waals surface area (Å²) < 4.78 is 0. The van der Waals surface area contributed by atoms with Crippen molar-refractivity contribution in [2.24, 2.45) is 0 Å². The largest absolute Gasteiger partial charge is 0.335 e. The van der Waals surface area contributed by atoms with Crippen LogP contribution in [0.4, 0.5) is 0 Å². The molecule has 0 spiro atoms. The lowest BCUT2D eigenvalue weighted by molar-refractivity contribution is -0.127. The minimum absolute atomic E-state index is 0.0952. The summed E-state index contributed by atoms with van der Waals surface area (Å²) in [4.78, 5) is 17.0. The molecule has 23 heavy (non-hydrogen) atoms. The molecule has 1 aromatic rings. The van der Waals surface area contributed by atoms with E-state index in [1.165, 1.54) is 25.9 Å². The van der Waals surface area contributed by atoms with Crippen LogP contribution in [-0.2, 0) is 4.79 Å². The number of carbonyl (C=O) groups is 1. The van der Waals surface area contributed by atoms with Gasteiger partial charge in [0.2, 0.25) is 5.91 Å². The molecule has 0 aromatic heterocycles. The maximum Gasteiger partial charge on any atom is 0.246 e. The summed E-state index contributed by atoms with van der Waals surface area (Å²) in [6.07, 6.45) is 8.27. The van der Waals surface area contributed by atoms with Crippen LogP contribution in [0.1, 0.15) is 31.2 Å². The summed E-state index contributed by atoms with van der Waals surface area (Å²) in [5, 5.41) is 1.04. The van der Waals surface area contributed by atoms with Crippen LogP contribution in [0.5, 0.6) is 0 Å². The van der Waals surface area contributed by atoms with Gasteiger partial charge in [-0.25, -0.2) is 0 Å². The van der Waals surface area contributed by atoms with Crippen LogP contribution in [0.25, 0.3) is 6.08 Å². The highest BCUT2D eigenvalue weighted by Crippen LogP contribution is 2.24. The van der Waals surface area contributed by atoms with Gasteiger partial charge in [-0.3, -0.25) is 4.79 Å². The third-order valence-electron chi connectivity index (χ3n) is 4.69. The zero-order valence-corrected chi connectivity index (χ0v) is 14.7. The van der Waals surface area contributed by atoms with Gasteiger partial charge in [-0.2, -0.15) is 0 Å². The van der Waals surface area contributed by atoms with Gasteiger partial charge in [0.25, 0.3) is 0 Å². The highest BCUT2D eigenvalue weighted by atomic mass is 35.5. The van der Waals surface area contributed by atoms with Crippen LogP contribution in [-0.4, -0.2) is 47.9 Å². The van der Waals surface area contributed by atoms with E-state index in [2.05, 4.69) is 4.90 Å². The SMILES string of the molecule is O=C(/C=C/c1ccc(Cl)c(Cl)c1)N1CCCC1CN1CCCC1. The van der Waals surface area contributed by atoms with Crippen molar-refractivity contribution >= 4 is 35.2 Å². The summed E-state index contributed by atoms with van der Waals surface area (Å²) in [6.45, 7) is 4.24. The Kier molecular flexibility index (Phi) is 5.62. The van der Waals surface area contributed by atoms with E-state index in [9.17, 15) is 4.79 Å². The molecule has 0 N–H and O–H groups in total. The van der Waals surface area contributed by atoms with E-state index in [1.807, 2.05) is 17.0 Å². The van der Waals surface area contributed by atoms with E-state index >= 15 is 0 Å². The third-order valence-corrected chi connectivity index (χ3v) is 5.43. The molecule has 3 nitrogen and oxygen atoms in total. The molecule has 0 saturated carbocycles. The van der Waals surface area contributed by atoms with Gasteiger partial charge >= 0.3 is 0 Å². The number of benzene rings is 1. The predicted octanol–water partition coefficient (Wildman–Crippen LogP) is 4.09. The van der Waals surface area contributed by atoms with Crippen molar-refractivity contribution in [3.8, 4) is 0 Å². The first-order valence-corrected chi connectivity index (χ1v) is 9.05. The number of likely N-dealkylation sites (tertiary alicyclic amines) is 2. The van der Waals surface area contributed by atoms with E-state index in [4.69, 9.17) is 23.2 Å². The normalized spacial score (nSPS) is 22.3. The minimum Gasteiger partial charge on any atom is -0.335 e. The van der Waals surface area contributed by atoms with Crippen molar-refractivity contribution in [1.82, 2.24) is 9.80 Å². The standard InChI is InChI=1S/C18H22Cl2N2O/c19-16-7-5-14(12-17(16)20)6-8-18(23)22-11-3-4-15(22)13-21-9-1-2-10-21/h5-8,12,15H,1-4,9-11,13H2/b8-6+. The molecule has 0 bridgehead atoms. The minimum atomic E-state index is 0.0952. The first-order chi connectivity index (χ1) is 11.1. The van der Waals surface area contributed by atoms with Gasteiger partial charge in [-0.1, -0.05) is 29.3 Å². The number of halogens is 2. The predicted molar refractivity (Wildman–Crippen MR) is 95.9 cm³/mol. The molecule has 0 radical (unpaired) electrons. The van der Waals surface area contributed by atoms with Gasteiger partial charge in [-0.15, -0.1) is 0 Å². The van der Waals surface area contributed by atoms with Gasteiger partial charge in [0.1, 0.15) is 0 Å². The van der Waals surface area contributed by atoms with Crippen molar-refractivity contribution < 1.29 is 4.79 Å². The molecule has 1 unspecified atom stereocenters. The second-order valence-electron chi connectivity index (χ2n) is 6.34. The lowest BCUT2D eigenvalue weighted by Crippen LogP contribution is -2.41. The zero-order valence-electron chi connectivity index (χ0n) is 13.2. The fraction of sp³-hybridized carbons (Fsp3) is 0.500. The molecule has 1 aromatic carbocycles. The Morgan fingerprint density at radius 1 is 1.13 bits per heavy atom. The highest BCUT2D eigenvalue weighted by molar-refractivity contribution is 6.42. The Bertz CT molecular complexity index is 597. The summed E-state index contributed by atoms with van der Waals surface area (Å²) in [6, 6.07) is 5.75. The van der Waals surface area contributed by atoms with E-state index in [0.717, 1.165) is 31.5 Å². The smallest absolute Gasteiger partial charge is 0.246 e. The fourth-order valence-corrected chi connectivity index (χ4v) is 3.76. The Morgan fingerprint density at radius 3 is 2.65 bits per heavy atom. The van der Waals surface area contributed by atoms with Crippen molar-refractivity contribution in [2.45, 2.75) is 31.7 Å². The van der Waals surface area contributed by atoms with Gasteiger partial charge in [0, 0.05) is 25.2 Å². The number of nitrogens with zero attached hydrogens (tertiary/aromatic N) is 2. The van der Waals surface area contributed by atoms with Crippen LogP contribution in [0.3, 0.4) is 0 Å². The molecule has 1 atom stereocenters. The average Bonchev–Trinajstić information content (AvgIpc) is 3.20. The Hall–Kier alpha value is -1.03. The molecule has 2 aliphatic heterocycles. The van der Waals surface area contributed by atoms with Gasteiger partial charge in [0.15, 0.2) is 0 Å². The molecule has 1 amide bonds. The van der Waals surface area contributed by atoms with Gasteiger partial charge in [0.05, 0.1) is 10.0 Å². The van der Waals surface area contributed by atoms with Gasteiger partial charge in [-0.05, 0) is 62.5 Å². The molecule has 3 rings (SSSR count). The van der Waals surface area contributed by atoms with Gasteiger partial charge < -0.3 is 9.80 Å². The summed E-state index contributed by atoms with van der Waals surface area (Å²) in [5.74, 6) is 0.0952. The molecule has 0 aliphatic carbocycles. The van der Waals surface area contributed by atoms with Crippen LogP contribution >= 0.6 is 23.2 Å². The van der Waals surface area contributed by atoms with Crippen LogP contribution < -0.4 is 0 Å². The number of hydrogen-bond donors (Lipinski definition) is 0. The molecule has 5 heteroatoms. The van der Waals surface area contributed by atoms with Crippen molar-refractivity contribution in [3.63, 3.8) is 0 Å². The lowest BCUT2D eigenvalue weighted by Gasteiger charge is -2.27. The molecule has 124 valence electrons. The Balaban J connectivity index is 1.61. The molecule has 2 aliphatic rings. The molecule has 2 heterocycles. The van der Waals surface area contributed by atoms with E-state index in [-0.39, 0.29) is 5.91 Å². The number of rotatable bonds is 4. The van der Waals surface area contributed by atoms with Crippen molar-refractivity contribution in [3.05, 3.63) is 39.9 Å². The number of carbonyl (C=O) groups excluding carboxylic acids is 1. The maximum absolute atomic E-state index is 12.5. The number of amides is 1. The second-order valence-corrected chi connectivity index (χ2v) is 7.16. The maximum atomic E-state index is 12.5. The lowest BCUT2D eigenvalue weighted by atomic mass is 10.2. The molecule has 2 saturated heterocycles. The van der Waals surface area contributed by atoms with Crippen LogP contribution in [0.2, 0.25) is 10.0 Å². The van der Waals surface area contributed by atoms with E-state index in [0.29, 0.717) is 16.1 Å². The Morgan fingerprint density at radius 2 is 1.91 bits per heavy atom. The third kappa shape index (κ3) is 4.28. The summed E-state index contributed by atoms with van der Waals surface area (Å²) in [5.41, 5.74) is 0.892. The van der Waals surface area contributed by atoms with Crippen molar-refractivity contribution in [2.75, 3.05) is 26.2 Å². The first-order valence-electron chi connectivity index (χ1n) is 8.29. The quantitative estimate of drug-likeness (QED) is 0.761. The fourth-order valence-electron chi connectivity index (χ4n) is 3.46. The topological polar surface area (TPSA) is 23.6 Å². The molecular weight excluding hydrogens is 331 g/mol. The van der Waals surface area contributed by atoms with E-state index in [1.54, 1.807) is 18.2 Å². The van der Waals surface area contributed by atoms with Crippen molar-refractivity contribution in [1.29, 1.82) is 0 Å². The molecular formula is C18H22Cl2N2O. The summed E-state index contributed by atoms with van der Waals surface area (Å²) >= 11 is 11.9. The highest BCUT2D eigenvalue weighted by Gasteiger charge is 2.29. The monoisotopic (exact) mass is 352 g/mol. The average molecular weight is 353 g/mol. The van der Waals surface area contributed by atoms with E-state index < -0.39 is 0 Å². The Labute approximate surface area is 147 Å². The second kappa shape index (κ2) is 7.69. The first kappa shape index (κ1) is 16.8. The van der Waals surface area contributed by atoms with Crippen LogP contribution in [0, 0.1) is 0 Å². The zero-order chi connectivity index (χ0) is 16.2. The van der Waals surface area contributed by atoms with Crippen LogP contribution in [0.15, 0.2) is 24.3 Å². The molecule has 2 fully saturated rings. The number of hydrogen-bond acceptors (Lipinski definition) is 2. The summed E-state index contributed by atoms with van der Waals surface area (Å²) in [7, 11) is 0.